The molecule has 0 amide bonds. The van der Waals surface area contributed by atoms with Crippen molar-refractivity contribution in [1.29, 1.82) is 0 Å². The Morgan fingerprint density at radius 3 is 2.35 bits per heavy atom. The molecule has 2 aromatic carbocycles. The van der Waals surface area contributed by atoms with Gasteiger partial charge in [0, 0.05) is 28.9 Å². The topological polar surface area (TPSA) is 24.9 Å². The van der Waals surface area contributed by atoms with E-state index in [2.05, 4.69) is 71.8 Å². The molecule has 1 N–H and O–H groups in total. The largest absolute Gasteiger partial charge is 0.314 e. The van der Waals surface area contributed by atoms with Gasteiger partial charge in [-0.25, -0.2) is 0 Å². The molecule has 1 aromatic heterocycles. The van der Waals surface area contributed by atoms with Gasteiger partial charge in [-0.1, -0.05) is 60.1 Å². The molecule has 0 fully saturated rings. The number of rotatable bonds is 8. The molecular weight excluding hydrogens is 340 g/mol. The fourth-order valence-corrected chi connectivity index (χ4v) is 3.40. The lowest BCUT2D eigenvalue weighted by molar-refractivity contribution is 0.517. The highest BCUT2D eigenvalue weighted by Crippen LogP contribution is 2.27. The second-order valence-corrected chi connectivity index (χ2v) is 7.13. The molecule has 0 bridgehead atoms. The van der Waals surface area contributed by atoms with Crippen LogP contribution in [-0.2, 0) is 6.42 Å². The summed E-state index contributed by atoms with van der Waals surface area (Å²) in [5, 5.41) is 4.43. The van der Waals surface area contributed by atoms with Crippen molar-refractivity contribution in [3.8, 4) is 0 Å². The van der Waals surface area contributed by atoms with Crippen molar-refractivity contribution in [2.24, 2.45) is 0 Å². The van der Waals surface area contributed by atoms with E-state index in [1.807, 2.05) is 24.4 Å². The maximum absolute atomic E-state index is 6.06. The first-order chi connectivity index (χ1) is 12.7. The number of hydrogen-bond acceptors (Lipinski definition) is 2. The molecule has 134 valence electrons. The zero-order chi connectivity index (χ0) is 18.2. The maximum Gasteiger partial charge on any atom is 0.0478 e. The van der Waals surface area contributed by atoms with Crippen LogP contribution < -0.4 is 5.32 Å². The van der Waals surface area contributed by atoms with Gasteiger partial charge in [0.15, 0.2) is 0 Å². The summed E-state index contributed by atoms with van der Waals surface area (Å²) in [4.78, 5) is 4.58. The Hall–Kier alpha value is -2.16. The SMILES string of the molecule is CC(Cc1ccccc1)NCCC(c1ccc(Cl)cc1)c1ccccn1. The highest BCUT2D eigenvalue weighted by Gasteiger charge is 2.15. The Balaban J connectivity index is 1.62. The maximum atomic E-state index is 6.06. The van der Waals surface area contributed by atoms with E-state index in [9.17, 15) is 0 Å². The fraction of sp³-hybridized carbons (Fsp3) is 0.261. The molecule has 0 aliphatic carbocycles. The normalized spacial score (nSPS) is 13.3. The highest BCUT2D eigenvalue weighted by atomic mass is 35.5. The van der Waals surface area contributed by atoms with Crippen molar-refractivity contribution < 1.29 is 0 Å². The van der Waals surface area contributed by atoms with Crippen LogP contribution in [0.15, 0.2) is 79.0 Å². The summed E-state index contributed by atoms with van der Waals surface area (Å²) >= 11 is 6.06. The third-order valence-corrected chi connectivity index (χ3v) is 4.88. The van der Waals surface area contributed by atoms with Gasteiger partial charge in [-0.15, -0.1) is 0 Å². The highest BCUT2D eigenvalue weighted by molar-refractivity contribution is 6.30. The minimum atomic E-state index is 0.268. The summed E-state index contributed by atoms with van der Waals surface area (Å²) < 4.78 is 0. The molecule has 26 heavy (non-hydrogen) atoms. The van der Waals surface area contributed by atoms with Crippen LogP contribution in [0.5, 0.6) is 0 Å². The molecular formula is C23H25ClN2. The Morgan fingerprint density at radius 2 is 1.65 bits per heavy atom. The average molecular weight is 365 g/mol. The molecule has 0 radical (unpaired) electrons. The van der Waals surface area contributed by atoms with Crippen LogP contribution in [0.2, 0.25) is 5.02 Å². The number of nitrogens with zero attached hydrogens (tertiary/aromatic N) is 1. The van der Waals surface area contributed by atoms with Crippen LogP contribution in [0.1, 0.15) is 36.1 Å². The molecule has 2 atom stereocenters. The number of pyridine rings is 1. The molecule has 2 nitrogen and oxygen atoms in total. The van der Waals surface area contributed by atoms with E-state index in [4.69, 9.17) is 11.6 Å². The van der Waals surface area contributed by atoms with Gasteiger partial charge in [-0.2, -0.15) is 0 Å². The van der Waals surface area contributed by atoms with Crippen molar-refractivity contribution >= 4 is 11.6 Å². The molecule has 3 aromatic rings. The van der Waals surface area contributed by atoms with Gasteiger partial charge < -0.3 is 5.32 Å². The summed E-state index contributed by atoms with van der Waals surface area (Å²) in [5.41, 5.74) is 3.73. The Morgan fingerprint density at radius 1 is 0.923 bits per heavy atom. The van der Waals surface area contributed by atoms with E-state index < -0.39 is 0 Å². The summed E-state index contributed by atoms with van der Waals surface area (Å²) in [7, 11) is 0. The minimum absolute atomic E-state index is 0.268. The first-order valence-corrected chi connectivity index (χ1v) is 9.54. The lowest BCUT2D eigenvalue weighted by atomic mass is 9.92. The average Bonchev–Trinajstić information content (AvgIpc) is 2.68. The fourth-order valence-electron chi connectivity index (χ4n) is 3.28. The molecule has 0 saturated carbocycles. The second-order valence-electron chi connectivity index (χ2n) is 6.69. The predicted octanol–water partition coefficient (Wildman–Crippen LogP) is 5.48. The Bertz CT molecular complexity index is 772. The number of hydrogen-bond donors (Lipinski definition) is 1. The summed E-state index contributed by atoms with van der Waals surface area (Å²) in [6.07, 6.45) is 3.90. The van der Waals surface area contributed by atoms with Gasteiger partial charge in [-0.3, -0.25) is 4.98 Å². The number of benzene rings is 2. The molecule has 3 heteroatoms. The van der Waals surface area contributed by atoms with Crippen molar-refractivity contribution in [2.75, 3.05) is 6.54 Å². The lowest BCUT2D eigenvalue weighted by Crippen LogP contribution is -2.30. The molecule has 0 saturated heterocycles. The molecule has 2 unspecified atom stereocenters. The lowest BCUT2D eigenvalue weighted by Gasteiger charge is -2.20. The molecule has 1 heterocycles. The van der Waals surface area contributed by atoms with Gasteiger partial charge in [0.25, 0.3) is 0 Å². The van der Waals surface area contributed by atoms with E-state index in [-0.39, 0.29) is 5.92 Å². The van der Waals surface area contributed by atoms with Crippen molar-refractivity contribution in [3.05, 3.63) is 101 Å². The molecule has 0 spiro atoms. The van der Waals surface area contributed by atoms with Gasteiger partial charge in [0.05, 0.1) is 0 Å². The molecule has 0 aliphatic rings. The van der Waals surface area contributed by atoms with Crippen LogP contribution in [-0.4, -0.2) is 17.6 Å². The summed E-state index contributed by atoms with van der Waals surface area (Å²) in [5.74, 6) is 0.268. The minimum Gasteiger partial charge on any atom is -0.314 e. The standard InChI is InChI=1S/C23H25ClN2/c1-18(17-19-7-3-2-4-8-19)25-16-14-22(23-9-5-6-15-26-23)20-10-12-21(24)13-11-20/h2-13,15,18,22,25H,14,16-17H2,1H3. The van der Waals surface area contributed by atoms with E-state index in [1.165, 1.54) is 11.1 Å². The van der Waals surface area contributed by atoms with Crippen LogP contribution >= 0.6 is 11.6 Å². The molecule has 3 rings (SSSR count). The number of nitrogens with one attached hydrogen (secondary N) is 1. The van der Waals surface area contributed by atoms with Crippen molar-refractivity contribution in [3.63, 3.8) is 0 Å². The first-order valence-electron chi connectivity index (χ1n) is 9.16. The zero-order valence-corrected chi connectivity index (χ0v) is 15.9. The molecule has 0 aliphatic heterocycles. The number of aromatic nitrogens is 1. The number of halogens is 1. The van der Waals surface area contributed by atoms with Crippen molar-refractivity contribution in [2.45, 2.75) is 31.7 Å². The summed E-state index contributed by atoms with van der Waals surface area (Å²) in [6, 6.07) is 25.3. The smallest absolute Gasteiger partial charge is 0.0478 e. The quantitative estimate of drug-likeness (QED) is 0.572. The van der Waals surface area contributed by atoms with E-state index in [0.29, 0.717) is 6.04 Å². The van der Waals surface area contributed by atoms with Crippen LogP contribution in [0, 0.1) is 0 Å². The Labute approximate surface area is 161 Å². The van der Waals surface area contributed by atoms with Gasteiger partial charge >= 0.3 is 0 Å². The predicted molar refractivity (Wildman–Crippen MR) is 110 cm³/mol. The zero-order valence-electron chi connectivity index (χ0n) is 15.1. The third-order valence-electron chi connectivity index (χ3n) is 4.63. The van der Waals surface area contributed by atoms with Crippen LogP contribution in [0.25, 0.3) is 0 Å². The third kappa shape index (κ3) is 5.42. The monoisotopic (exact) mass is 364 g/mol. The Kier molecular flexibility index (Phi) is 6.82. The van der Waals surface area contributed by atoms with E-state index >= 15 is 0 Å². The second kappa shape index (κ2) is 9.51. The van der Waals surface area contributed by atoms with Crippen molar-refractivity contribution in [1.82, 2.24) is 10.3 Å². The van der Waals surface area contributed by atoms with Gasteiger partial charge in [0.1, 0.15) is 0 Å². The summed E-state index contributed by atoms with van der Waals surface area (Å²) in [6.45, 7) is 3.18. The van der Waals surface area contributed by atoms with Gasteiger partial charge in [-0.05, 0) is 61.7 Å². The van der Waals surface area contributed by atoms with Crippen LogP contribution in [0.4, 0.5) is 0 Å². The van der Waals surface area contributed by atoms with E-state index in [0.717, 1.165) is 30.1 Å². The van der Waals surface area contributed by atoms with Gasteiger partial charge in [0.2, 0.25) is 0 Å². The van der Waals surface area contributed by atoms with Crippen LogP contribution in [0.3, 0.4) is 0 Å². The van der Waals surface area contributed by atoms with E-state index in [1.54, 1.807) is 0 Å². The first kappa shape index (κ1) is 18.6.